The fourth-order valence-corrected chi connectivity index (χ4v) is 5.20. The number of para-hydroxylation sites is 1. The predicted molar refractivity (Wildman–Crippen MR) is 123 cm³/mol. The highest BCUT2D eigenvalue weighted by Gasteiger charge is 2.26. The van der Waals surface area contributed by atoms with Gasteiger partial charge < -0.3 is 9.80 Å². The van der Waals surface area contributed by atoms with E-state index in [-0.39, 0.29) is 10.8 Å². The molecule has 1 saturated heterocycles. The minimum atomic E-state index is -3.72. The van der Waals surface area contributed by atoms with Gasteiger partial charge >= 0.3 is 0 Å². The highest BCUT2D eigenvalue weighted by molar-refractivity contribution is 7.92. The minimum Gasteiger partial charge on any atom is -0.337 e. The third-order valence-electron chi connectivity index (χ3n) is 5.42. The third-order valence-corrected chi connectivity index (χ3v) is 7.34. The first-order valence-electron chi connectivity index (χ1n) is 10.5. The molecular weight excluding hydrogens is 426 g/mol. The Kier molecular flexibility index (Phi) is 6.36. The standard InChI is InChI=1S/C23H25N5O3S/c1-2-28(20-7-4-3-5-8-20)32(30,31)21-11-9-19(10-12-21)22(29)26-15-17-27(18-16-26)23-24-13-6-14-25-23/h3-14H,2,15-18H2,1H3. The third kappa shape index (κ3) is 4.43. The van der Waals surface area contributed by atoms with Gasteiger partial charge in [0.1, 0.15) is 0 Å². The lowest BCUT2D eigenvalue weighted by Crippen LogP contribution is -2.49. The number of hydrogen-bond acceptors (Lipinski definition) is 6. The number of sulfonamides is 1. The molecule has 32 heavy (non-hydrogen) atoms. The van der Waals surface area contributed by atoms with Crippen LogP contribution >= 0.6 is 0 Å². The van der Waals surface area contributed by atoms with E-state index in [1.165, 1.54) is 16.4 Å². The first-order chi connectivity index (χ1) is 15.5. The van der Waals surface area contributed by atoms with Crippen LogP contribution in [-0.2, 0) is 10.0 Å². The summed E-state index contributed by atoms with van der Waals surface area (Å²) < 4.78 is 27.6. The van der Waals surface area contributed by atoms with Crippen LogP contribution in [0, 0.1) is 0 Å². The number of anilines is 2. The van der Waals surface area contributed by atoms with Crippen LogP contribution in [0.2, 0.25) is 0 Å². The molecule has 0 N–H and O–H groups in total. The highest BCUT2D eigenvalue weighted by Crippen LogP contribution is 2.24. The van der Waals surface area contributed by atoms with E-state index in [9.17, 15) is 13.2 Å². The van der Waals surface area contributed by atoms with Crippen molar-refractivity contribution in [2.75, 3.05) is 41.9 Å². The molecule has 0 bridgehead atoms. The van der Waals surface area contributed by atoms with Gasteiger partial charge in [-0.05, 0) is 49.4 Å². The average molecular weight is 452 g/mol. The fraction of sp³-hybridized carbons (Fsp3) is 0.261. The fourth-order valence-electron chi connectivity index (χ4n) is 3.73. The first-order valence-corrected chi connectivity index (χ1v) is 11.9. The first kappa shape index (κ1) is 21.8. The molecule has 9 heteroatoms. The second-order valence-electron chi connectivity index (χ2n) is 7.36. The summed E-state index contributed by atoms with van der Waals surface area (Å²) in [7, 11) is -3.72. The van der Waals surface area contributed by atoms with Crippen LogP contribution in [0.15, 0.2) is 78.0 Å². The minimum absolute atomic E-state index is 0.113. The quantitative estimate of drug-likeness (QED) is 0.573. The summed E-state index contributed by atoms with van der Waals surface area (Å²) in [5.41, 5.74) is 1.08. The van der Waals surface area contributed by atoms with E-state index in [0.717, 1.165) is 0 Å². The lowest BCUT2D eigenvalue weighted by molar-refractivity contribution is 0.0746. The molecule has 1 aliphatic rings. The molecule has 0 radical (unpaired) electrons. The van der Waals surface area contributed by atoms with Gasteiger partial charge in [0.2, 0.25) is 5.95 Å². The predicted octanol–water partition coefficient (Wildman–Crippen LogP) is 2.65. The summed E-state index contributed by atoms with van der Waals surface area (Å²) >= 11 is 0. The number of carbonyl (C=O) groups excluding carboxylic acids is 1. The molecule has 4 rings (SSSR count). The van der Waals surface area contributed by atoms with Crippen molar-refractivity contribution in [1.29, 1.82) is 0 Å². The Balaban J connectivity index is 1.45. The average Bonchev–Trinajstić information content (AvgIpc) is 2.85. The van der Waals surface area contributed by atoms with Crippen LogP contribution < -0.4 is 9.21 Å². The molecule has 0 saturated carbocycles. The number of amides is 1. The summed E-state index contributed by atoms with van der Waals surface area (Å²) in [4.78, 5) is 25.4. The van der Waals surface area contributed by atoms with E-state index < -0.39 is 10.0 Å². The van der Waals surface area contributed by atoms with Crippen molar-refractivity contribution in [3.8, 4) is 0 Å². The van der Waals surface area contributed by atoms with E-state index in [2.05, 4.69) is 9.97 Å². The number of benzene rings is 2. The molecular formula is C23H25N5O3S. The molecule has 1 amide bonds. The van der Waals surface area contributed by atoms with Gasteiger partial charge in [-0.2, -0.15) is 0 Å². The lowest BCUT2D eigenvalue weighted by Gasteiger charge is -2.34. The van der Waals surface area contributed by atoms with Crippen molar-refractivity contribution in [3.63, 3.8) is 0 Å². The van der Waals surface area contributed by atoms with Crippen molar-refractivity contribution in [1.82, 2.24) is 14.9 Å². The van der Waals surface area contributed by atoms with Crippen molar-refractivity contribution >= 4 is 27.6 Å². The van der Waals surface area contributed by atoms with Gasteiger partial charge in [0.15, 0.2) is 0 Å². The molecule has 1 aromatic heterocycles. The summed E-state index contributed by atoms with van der Waals surface area (Å²) in [6.07, 6.45) is 3.40. The van der Waals surface area contributed by atoms with Gasteiger partial charge in [-0.3, -0.25) is 9.10 Å². The molecule has 0 spiro atoms. The summed E-state index contributed by atoms with van der Waals surface area (Å²) in [6, 6.07) is 16.9. The molecule has 166 valence electrons. The van der Waals surface area contributed by atoms with Crippen LogP contribution in [-0.4, -0.2) is 61.9 Å². The van der Waals surface area contributed by atoms with E-state index in [1.54, 1.807) is 66.7 Å². The largest absolute Gasteiger partial charge is 0.337 e. The van der Waals surface area contributed by atoms with Crippen LogP contribution in [0.4, 0.5) is 11.6 Å². The van der Waals surface area contributed by atoms with Crippen molar-refractivity contribution in [2.24, 2.45) is 0 Å². The molecule has 0 atom stereocenters. The van der Waals surface area contributed by atoms with Crippen molar-refractivity contribution in [3.05, 3.63) is 78.6 Å². The molecule has 8 nitrogen and oxygen atoms in total. The van der Waals surface area contributed by atoms with E-state index in [1.807, 2.05) is 11.0 Å². The van der Waals surface area contributed by atoms with Crippen molar-refractivity contribution < 1.29 is 13.2 Å². The zero-order chi connectivity index (χ0) is 22.6. The maximum Gasteiger partial charge on any atom is 0.264 e. The number of piperazine rings is 1. The second kappa shape index (κ2) is 9.35. The molecule has 1 aliphatic heterocycles. The molecule has 3 aromatic rings. The lowest BCUT2D eigenvalue weighted by atomic mass is 10.2. The maximum atomic E-state index is 13.1. The van der Waals surface area contributed by atoms with Gasteiger partial charge in [-0.15, -0.1) is 0 Å². The molecule has 0 unspecified atom stereocenters. The molecule has 2 heterocycles. The second-order valence-corrected chi connectivity index (χ2v) is 9.22. The Bertz CT molecular complexity index is 1150. The molecule has 0 aliphatic carbocycles. The summed E-state index contributed by atoms with van der Waals surface area (Å²) in [5, 5.41) is 0. The SMILES string of the molecule is CCN(c1ccccc1)S(=O)(=O)c1ccc(C(=O)N2CCN(c3ncccn3)CC2)cc1. The summed E-state index contributed by atoms with van der Waals surface area (Å²) in [5.74, 6) is 0.547. The Morgan fingerprint density at radius 2 is 1.53 bits per heavy atom. The number of carbonyl (C=O) groups is 1. The van der Waals surface area contributed by atoms with E-state index >= 15 is 0 Å². The van der Waals surface area contributed by atoms with Gasteiger partial charge in [-0.1, -0.05) is 18.2 Å². The van der Waals surface area contributed by atoms with Crippen LogP contribution in [0.1, 0.15) is 17.3 Å². The Labute approximate surface area is 188 Å². The maximum absolute atomic E-state index is 13.1. The Hall–Kier alpha value is -3.46. The number of nitrogens with zero attached hydrogens (tertiary/aromatic N) is 5. The number of aromatic nitrogens is 2. The number of hydrogen-bond donors (Lipinski definition) is 0. The van der Waals surface area contributed by atoms with E-state index in [0.29, 0.717) is 49.9 Å². The number of rotatable bonds is 6. The monoisotopic (exact) mass is 451 g/mol. The van der Waals surface area contributed by atoms with Crippen LogP contribution in [0.5, 0.6) is 0 Å². The zero-order valence-electron chi connectivity index (χ0n) is 17.8. The van der Waals surface area contributed by atoms with Crippen molar-refractivity contribution in [2.45, 2.75) is 11.8 Å². The topological polar surface area (TPSA) is 86.7 Å². The van der Waals surface area contributed by atoms with Crippen LogP contribution in [0.25, 0.3) is 0 Å². The zero-order valence-corrected chi connectivity index (χ0v) is 18.6. The van der Waals surface area contributed by atoms with Gasteiger partial charge in [0, 0.05) is 50.7 Å². The van der Waals surface area contributed by atoms with Gasteiger partial charge in [0.05, 0.1) is 10.6 Å². The smallest absolute Gasteiger partial charge is 0.264 e. The Morgan fingerprint density at radius 3 is 2.12 bits per heavy atom. The van der Waals surface area contributed by atoms with Gasteiger partial charge in [-0.25, -0.2) is 18.4 Å². The molecule has 1 fully saturated rings. The molecule has 2 aromatic carbocycles. The Morgan fingerprint density at radius 1 is 0.906 bits per heavy atom. The highest BCUT2D eigenvalue weighted by atomic mass is 32.2. The summed E-state index contributed by atoms with van der Waals surface area (Å²) in [6.45, 7) is 4.49. The normalized spacial score (nSPS) is 14.3. The van der Waals surface area contributed by atoms with Gasteiger partial charge in [0.25, 0.3) is 15.9 Å². The van der Waals surface area contributed by atoms with E-state index in [4.69, 9.17) is 0 Å². The van der Waals surface area contributed by atoms with Crippen LogP contribution in [0.3, 0.4) is 0 Å².